The van der Waals surface area contributed by atoms with Gasteiger partial charge >= 0.3 is 5.97 Å². The number of hydrogen-bond donors (Lipinski definition) is 0. The lowest BCUT2D eigenvalue weighted by Gasteiger charge is -2.29. The molecule has 2 fully saturated rings. The predicted octanol–water partition coefficient (Wildman–Crippen LogP) is 3.53. The van der Waals surface area contributed by atoms with Gasteiger partial charge in [0.25, 0.3) is 0 Å². The van der Waals surface area contributed by atoms with Crippen LogP contribution >= 0.6 is 0 Å². The third-order valence-corrected chi connectivity index (χ3v) is 5.33. The van der Waals surface area contributed by atoms with Crippen LogP contribution in [0.2, 0.25) is 0 Å². The first kappa shape index (κ1) is 16.8. The minimum atomic E-state index is -0.741. The smallest absolute Gasteiger partial charge is 0.310 e. The highest BCUT2D eigenvalue weighted by molar-refractivity contribution is 5.86. The maximum Gasteiger partial charge on any atom is 0.310 e. The van der Waals surface area contributed by atoms with E-state index in [0.29, 0.717) is 19.3 Å². The molecule has 22 heavy (non-hydrogen) atoms. The fourth-order valence-electron chi connectivity index (χ4n) is 3.72. The lowest BCUT2D eigenvalue weighted by Crippen LogP contribution is -2.38. The molecule has 0 N–H and O–H groups in total. The number of allylic oxidation sites excluding steroid dienone is 2. The van der Waals surface area contributed by atoms with Crippen molar-refractivity contribution in [1.29, 1.82) is 0 Å². The zero-order valence-corrected chi connectivity index (χ0v) is 14.2. The van der Waals surface area contributed by atoms with E-state index in [9.17, 15) is 9.59 Å². The molecule has 0 bridgehead atoms. The van der Waals surface area contributed by atoms with E-state index in [1.54, 1.807) is 0 Å². The number of esters is 1. The Balaban J connectivity index is 2.11. The summed E-state index contributed by atoms with van der Waals surface area (Å²) in [5, 5.41) is 0. The van der Waals surface area contributed by atoms with Crippen LogP contribution in [0.3, 0.4) is 0 Å². The topological polar surface area (TPSA) is 43.4 Å². The zero-order valence-electron chi connectivity index (χ0n) is 14.2. The van der Waals surface area contributed by atoms with E-state index >= 15 is 0 Å². The summed E-state index contributed by atoms with van der Waals surface area (Å²) >= 11 is 0. The monoisotopic (exact) mass is 302 g/mol. The van der Waals surface area contributed by atoms with Crippen LogP contribution in [0.15, 0.2) is 11.6 Å². The van der Waals surface area contributed by atoms with Gasteiger partial charge in [0.15, 0.2) is 0 Å². The van der Waals surface area contributed by atoms with Crippen molar-refractivity contribution in [3.05, 3.63) is 11.6 Å². The van der Waals surface area contributed by atoms with Crippen LogP contribution in [0.5, 0.6) is 0 Å². The number of hydrogen-bond acceptors (Lipinski definition) is 3. The van der Waals surface area contributed by atoms with E-state index in [-0.39, 0.29) is 34.9 Å². The average Bonchev–Trinajstić information content (AvgIpc) is 2.81. The molecule has 0 spiro atoms. The van der Waals surface area contributed by atoms with Crippen LogP contribution in [0.1, 0.15) is 53.9 Å². The van der Waals surface area contributed by atoms with Crippen molar-refractivity contribution in [2.24, 2.45) is 23.2 Å². The zero-order chi connectivity index (χ0) is 16.7. The Morgan fingerprint density at radius 3 is 2.59 bits per heavy atom. The number of Topliss-reactive ketones (excluding diaryl/α,β-unsaturated/α-hetero) is 1. The highest BCUT2D eigenvalue weighted by Gasteiger charge is 2.62. The molecule has 120 valence electrons. The van der Waals surface area contributed by atoms with Gasteiger partial charge in [0.1, 0.15) is 11.4 Å². The summed E-state index contributed by atoms with van der Waals surface area (Å²) in [7, 11) is 0. The van der Waals surface area contributed by atoms with Crippen molar-refractivity contribution >= 4 is 11.8 Å². The van der Waals surface area contributed by atoms with Gasteiger partial charge in [-0.15, -0.1) is 12.3 Å². The van der Waals surface area contributed by atoms with Crippen molar-refractivity contribution in [2.75, 3.05) is 0 Å². The molecule has 0 radical (unpaired) electrons. The van der Waals surface area contributed by atoms with Crippen LogP contribution in [0.4, 0.5) is 0 Å². The largest absolute Gasteiger partial charge is 0.458 e. The molecule has 0 heterocycles. The lowest BCUT2D eigenvalue weighted by atomic mass is 9.89. The minimum absolute atomic E-state index is 0.0745. The fourth-order valence-corrected chi connectivity index (χ4v) is 3.72. The Morgan fingerprint density at radius 2 is 2.05 bits per heavy atom. The van der Waals surface area contributed by atoms with E-state index in [4.69, 9.17) is 11.2 Å². The number of terminal acetylenes is 1. The minimum Gasteiger partial charge on any atom is -0.458 e. The number of ketones is 1. The van der Waals surface area contributed by atoms with Gasteiger partial charge in [-0.2, -0.15) is 0 Å². The molecule has 3 nitrogen and oxygen atoms in total. The molecule has 0 aliphatic heterocycles. The van der Waals surface area contributed by atoms with E-state index in [2.05, 4.69) is 25.8 Å². The van der Waals surface area contributed by atoms with Gasteiger partial charge in [-0.3, -0.25) is 9.59 Å². The highest BCUT2D eigenvalue weighted by Crippen LogP contribution is 2.60. The molecule has 0 aromatic carbocycles. The molecule has 4 atom stereocenters. The van der Waals surface area contributed by atoms with Crippen molar-refractivity contribution < 1.29 is 14.3 Å². The molecule has 2 saturated carbocycles. The van der Waals surface area contributed by atoms with Gasteiger partial charge in [-0.05, 0) is 38.5 Å². The molecule has 0 amide bonds. The summed E-state index contributed by atoms with van der Waals surface area (Å²) < 4.78 is 5.82. The van der Waals surface area contributed by atoms with E-state index in [0.717, 1.165) is 0 Å². The van der Waals surface area contributed by atoms with Crippen molar-refractivity contribution in [2.45, 2.75) is 59.5 Å². The summed E-state index contributed by atoms with van der Waals surface area (Å²) in [5.41, 5.74) is 0.393. The second-order valence-corrected chi connectivity index (χ2v) is 7.73. The second-order valence-electron chi connectivity index (χ2n) is 7.73. The van der Waals surface area contributed by atoms with Gasteiger partial charge in [0, 0.05) is 12.8 Å². The standard InChI is InChI=1S/C19H26O3/c1-7-8-13-15(20)9-10-19(13,6)22-17(21)16-14(11-12(2)3)18(16,4)5/h1,11,13-14,16H,8-10H2,2-6H3. The Hall–Kier alpha value is -1.56. The van der Waals surface area contributed by atoms with Crippen LogP contribution in [-0.4, -0.2) is 17.4 Å². The number of ether oxygens (including phenoxy) is 1. The summed E-state index contributed by atoms with van der Waals surface area (Å²) in [6, 6.07) is 0. The third-order valence-electron chi connectivity index (χ3n) is 5.33. The van der Waals surface area contributed by atoms with Crippen molar-refractivity contribution in [3.63, 3.8) is 0 Å². The molecule has 0 aromatic rings. The molecular weight excluding hydrogens is 276 g/mol. The first-order chi connectivity index (χ1) is 10.1. The Kier molecular flexibility index (Phi) is 4.26. The molecule has 2 rings (SSSR count). The second kappa shape index (κ2) is 5.57. The average molecular weight is 302 g/mol. The quantitative estimate of drug-likeness (QED) is 0.453. The first-order valence-electron chi connectivity index (χ1n) is 7.97. The number of rotatable bonds is 4. The summed E-state index contributed by atoms with van der Waals surface area (Å²) in [6.45, 7) is 10.1. The molecule has 0 saturated heterocycles. The Morgan fingerprint density at radius 1 is 1.41 bits per heavy atom. The van der Waals surface area contributed by atoms with Gasteiger partial charge in [0.2, 0.25) is 0 Å². The van der Waals surface area contributed by atoms with Gasteiger partial charge in [-0.1, -0.05) is 25.5 Å². The number of carbonyl (C=O) groups excluding carboxylic acids is 2. The van der Waals surface area contributed by atoms with Crippen LogP contribution in [0, 0.1) is 35.5 Å². The molecule has 0 aromatic heterocycles. The van der Waals surface area contributed by atoms with Gasteiger partial charge < -0.3 is 4.74 Å². The van der Waals surface area contributed by atoms with Crippen LogP contribution in [-0.2, 0) is 14.3 Å². The predicted molar refractivity (Wildman–Crippen MR) is 85.9 cm³/mol. The fraction of sp³-hybridized carbons (Fsp3) is 0.684. The van der Waals surface area contributed by atoms with E-state index in [1.807, 2.05) is 20.8 Å². The molecule has 4 unspecified atom stereocenters. The highest BCUT2D eigenvalue weighted by atomic mass is 16.6. The lowest BCUT2D eigenvalue weighted by molar-refractivity contribution is -0.164. The van der Waals surface area contributed by atoms with Crippen LogP contribution < -0.4 is 0 Å². The van der Waals surface area contributed by atoms with Gasteiger partial charge in [0.05, 0.1) is 11.8 Å². The maximum atomic E-state index is 12.6. The number of carbonyl (C=O) groups is 2. The van der Waals surface area contributed by atoms with Crippen LogP contribution in [0.25, 0.3) is 0 Å². The maximum absolute atomic E-state index is 12.6. The summed E-state index contributed by atoms with van der Waals surface area (Å²) in [5.74, 6) is 2.21. The SMILES string of the molecule is C#CCC1C(=O)CCC1(C)OC(=O)C1C(C=C(C)C)C1(C)C. The summed E-state index contributed by atoms with van der Waals surface area (Å²) in [4.78, 5) is 24.6. The van der Waals surface area contributed by atoms with Gasteiger partial charge in [-0.25, -0.2) is 0 Å². The molecule has 2 aliphatic rings. The van der Waals surface area contributed by atoms with Crippen molar-refractivity contribution in [3.8, 4) is 12.3 Å². The normalized spacial score (nSPS) is 35.6. The Bertz CT molecular complexity index is 560. The van der Waals surface area contributed by atoms with Crippen molar-refractivity contribution in [1.82, 2.24) is 0 Å². The van der Waals surface area contributed by atoms with E-state index in [1.165, 1.54) is 5.57 Å². The third kappa shape index (κ3) is 2.84. The molecule has 2 aliphatic carbocycles. The van der Waals surface area contributed by atoms with E-state index < -0.39 is 5.60 Å². The molecule has 3 heteroatoms. The Labute approximate surface area is 133 Å². The summed E-state index contributed by atoms with van der Waals surface area (Å²) in [6.07, 6.45) is 8.87. The molecular formula is C19H26O3. The first-order valence-corrected chi connectivity index (χ1v) is 7.97.